The number of carbonyl (C=O) groups is 4. The van der Waals surface area contributed by atoms with E-state index in [1.807, 2.05) is 20.8 Å². The molecular weight excluding hydrogens is 480 g/mol. The number of hydrogen-bond donors (Lipinski definition) is 2. The smallest absolute Gasteiger partial charge is 0.408 e. The molecule has 37 heavy (non-hydrogen) atoms. The third kappa shape index (κ3) is 6.10. The SMILES string of the molecule is C=C(C)C(=O)OCCC1CCC(N(C)C(=O)O)(N(C)C(=O)O)C(C)(CCC)C1(C)CCOC(=O)C(=C)C. The molecule has 3 unspecified atom stereocenters. The maximum absolute atomic E-state index is 12.4. The summed E-state index contributed by atoms with van der Waals surface area (Å²) in [6.45, 7) is 16.4. The number of ether oxygens (including phenoxy) is 2. The fourth-order valence-electron chi connectivity index (χ4n) is 6.32. The van der Waals surface area contributed by atoms with E-state index in [1.165, 1.54) is 14.1 Å². The normalized spacial score (nSPS) is 24.5. The number of esters is 2. The van der Waals surface area contributed by atoms with Crippen LogP contribution in [0.3, 0.4) is 0 Å². The summed E-state index contributed by atoms with van der Waals surface area (Å²) < 4.78 is 10.8. The van der Waals surface area contributed by atoms with Crippen LogP contribution in [0.15, 0.2) is 24.3 Å². The van der Waals surface area contributed by atoms with Crippen LogP contribution < -0.4 is 0 Å². The molecule has 1 saturated carbocycles. The van der Waals surface area contributed by atoms with Gasteiger partial charge in [-0.2, -0.15) is 0 Å². The molecule has 0 radical (unpaired) electrons. The van der Waals surface area contributed by atoms with E-state index in [1.54, 1.807) is 13.8 Å². The van der Waals surface area contributed by atoms with Crippen LogP contribution in [0, 0.1) is 16.7 Å². The van der Waals surface area contributed by atoms with Gasteiger partial charge in [-0.25, -0.2) is 19.2 Å². The van der Waals surface area contributed by atoms with Gasteiger partial charge in [-0.3, -0.25) is 9.80 Å². The van der Waals surface area contributed by atoms with E-state index in [0.29, 0.717) is 37.7 Å². The molecule has 0 bridgehead atoms. The van der Waals surface area contributed by atoms with Crippen LogP contribution >= 0.6 is 0 Å². The van der Waals surface area contributed by atoms with E-state index in [-0.39, 0.29) is 31.1 Å². The first-order valence-electron chi connectivity index (χ1n) is 12.6. The summed E-state index contributed by atoms with van der Waals surface area (Å²) >= 11 is 0. The van der Waals surface area contributed by atoms with Crippen molar-refractivity contribution >= 4 is 24.1 Å². The number of carboxylic acid groups (broad SMARTS) is 2. The lowest BCUT2D eigenvalue weighted by Crippen LogP contribution is -2.75. The maximum Gasteiger partial charge on any atom is 0.408 e. The topological polar surface area (TPSA) is 134 Å². The standard InChI is InChI=1S/C27H44N2O8/c1-10-13-26(7)25(6,15-17-37-22(31)19(4)5)20(12-16-36-21(30)18(2)3)11-14-27(26,28(8)23(32)33)29(9)24(34)35/h20H,2,4,10-17H2,1,3,5-9H3,(H,32,33)(H,34,35). The van der Waals surface area contributed by atoms with Crippen LogP contribution in [-0.4, -0.2) is 77.1 Å². The van der Waals surface area contributed by atoms with E-state index in [4.69, 9.17) is 9.47 Å². The highest BCUT2D eigenvalue weighted by molar-refractivity contribution is 5.87. The summed E-state index contributed by atoms with van der Waals surface area (Å²) in [4.78, 5) is 51.1. The molecule has 1 rings (SSSR count). The van der Waals surface area contributed by atoms with Gasteiger partial charge in [0.25, 0.3) is 0 Å². The van der Waals surface area contributed by atoms with Crippen molar-refractivity contribution < 1.29 is 38.9 Å². The predicted octanol–water partition coefficient (Wildman–Crippen LogP) is 5.14. The molecule has 0 aromatic rings. The van der Waals surface area contributed by atoms with E-state index in [0.717, 1.165) is 9.80 Å². The highest BCUT2D eigenvalue weighted by Gasteiger charge is 2.67. The molecule has 10 nitrogen and oxygen atoms in total. The lowest BCUT2D eigenvalue weighted by Gasteiger charge is -2.67. The summed E-state index contributed by atoms with van der Waals surface area (Å²) in [7, 11) is 2.82. The summed E-state index contributed by atoms with van der Waals surface area (Å²) in [5, 5.41) is 20.2. The minimum Gasteiger partial charge on any atom is -0.465 e. The van der Waals surface area contributed by atoms with Crippen LogP contribution in [0.1, 0.15) is 73.1 Å². The second-order valence-corrected chi connectivity index (χ2v) is 10.6. The lowest BCUT2D eigenvalue weighted by atomic mass is 9.45. The highest BCUT2D eigenvalue weighted by atomic mass is 16.5. The van der Waals surface area contributed by atoms with Crippen molar-refractivity contribution in [2.75, 3.05) is 27.3 Å². The van der Waals surface area contributed by atoms with Crippen molar-refractivity contribution in [2.45, 2.75) is 78.8 Å². The van der Waals surface area contributed by atoms with E-state index >= 15 is 0 Å². The van der Waals surface area contributed by atoms with Gasteiger partial charge in [0.1, 0.15) is 5.66 Å². The van der Waals surface area contributed by atoms with Crippen LogP contribution in [-0.2, 0) is 19.1 Å². The maximum atomic E-state index is 12.4. The van der Waals surface area contributed by atoms with Gasteiger partial charge in [0.15, 0.2) is 0 Å². The van der Waals surface area contributed by atoms with E-state index < -0.39 is 40.6 Å². The highest BCUT2D eigenvalue weighted by Crippen LogP contribution is 2.65. The largest absolute Gasteiger partial charge is 0.465 e. The fraction of sp³-hybridized carbons (Fsp3) is 0.704. The van der Waals surface area contributed by atoms with Crippen LogP contribution in [0.5, 0.6) is 0 Å². The summed E-state index contributed by atoms with van der Waals surface area (Å²) in [6.07, 6.45) is 0.268. The van der Waals surface area contributed by atoms with Gasteiger partial charge in [0.05, 0.1) is 13.2 Å². The monoisotopic (exact) mass is 524 g/mol. The average molecular weight is 525 g/mol. The van der Waals surface area contributed by atoms with Gasteiger partial charge in [-0.15, -0.1) is 0 Å². The van der Waals surface area contributed by atoms with Gasteiger partial charge in [-0.1, -0.05) is 40.3 Å². The Balaban J connectivity index is 3.67. The molecule has 1 aliphatic rings. The minimum absolute atomic E-state index is 0.0488. The minimum atomic E-state index is -1.39. The Morgan fingerprint density at radius 1 is 0.892 bits per heavy atom. The zero-order chi connectivity index (χ0) is 28.8. The Hall–Kier alpha value is -3.04. The quantitative estimate of drug-likeness (QED) is 0.204. The molecule has 0 aliphatic heterocycles. The molecule has 3 atom stereocenters. The summed E-state index contributed by atoms with van der Waals surface area (Å²) in [5.41, 5.74) is -2.44. The molecule has 0 aromatic heterocycles. The molecule has 1 aliphatic carbocycles. The number of amides is 2. The average Bonchev–Trinajstić information content (AvgIpc) is 2.81. The van der Waals surface area contributed by atoms with Crippen LogP contribution in [0.25, 0.3) is 0 Å². The Labute approximate surface area is 220 Å². The lowest BCUT2D eigenvalue weighted by molar-refractivity contribution is -0.213. The Morgan fingerprint density at radius 2 is 1.35 bits per heavy atom. The molecule has 0 aromatic carbocycles. The second-order valence-electron chi connectivity index (χ2n) is 10.6. The molecule has 0 saturated heterocycles. The molecule has 210 valence electrons. The molecule has 10 heteroatoms. The first-order valence-corrected chi connectivity index (χ1v) is 12.6. The van der Waals surface area contributed by atoms with Crippen molar-refractivity contribution in [1.29, 1.82) is 0 Å². The first kappa shape index (κ1) is 32.0. The van der Waals surface area contributed by atoms with Crippen molar-refractivity contribution in [3.05, 3.63) is 24.3 Å². The number of carbonyl (C=O) groups excluding carboxylic acids is 2. The molecule has 0 heterocycles. The van der Waals surface area contributed by atoms with Gasteiger partial charge in [0, 0.05) is 30.7 Å². The zero-order valence-corrected chi connectivity index (χ0v) is 23.4. The molecule has 2 amide bonds. The molecule has 1 fully saturated rings. The number of hydrogen-bond acceptors (Lipinski definition) is 6. The van der Waals surface area contributed by atoms with Gasteiger partial charge in [-0.05, 0) is 57.3 Å². The van der Waals surface area contributed by atoms with Crippen molar-refractivity contribution in [3.63, 3.8) is 0 Å². The first-order chi connectivity index (χ1) is 17.0. The molecule has 0 spiro atoms. The van der Waals surface area contributed by atoms with Crippen molar-refractivity contribution in [2.24, 2.45) is 16.7 Å². The van der Waals surface area contributed by atoms with Gasteiger partial charge >= 0.3 is 24.1 Å². The molecule has 2 N–H and O–H groups in total. The van der Waals surface area contributed by atoms with Gasteiger partial charge in [0.2, 0.25) is 0 Å². The summed E-state index contributed by atoms with van der Waals surface area (Å²) in [6, 6.07) is 0. The second kappa shape index (κ2) is 12.5. The van der Waals surface area contributed by atoms with E-state index in [2.05, 4.69) is 13.2 Å². The predicted molar refractivity (Wildman–Crippen MR) is 139 cm³/mol. The van der Waals surface area contributed by atoms with E-state index in [9.17, 15) is 29.4 Å². The van der Waals surface area contributed by atoms with Crippen molar-refractivity contribution in [1.82, 2.24) is 9.80 Å². The van der Waals surface area contributed by atoms with Gasteiger partial charge < -0.3 is 19.7 Å². The Morgan fingerprint density at radius 3 is 1.76 bits per heavy atom. The fourth-order valence-corrected chi connectivity index (χ4v) is 6.32. The number of nitrogens with zero attached hydrogens (tertiary/aromatic N) is 2. The Bertz CT molecular complexity index is 896. The number of rotatable bonds is 12. The van der Waals surface area contributed by atoms with Crippen LogP contribution in [0.4, 0.5) is 9.59 Å². The third-order valence-electron chi connectivity index (χ3n) is 8.57. The zero-order valence-electron chi connectivity index (χ0n) is 23.4. The summed E-state index contributed by atoms with van der Waals surface area (Å²) in [5.74, 6) is -1.10. The third-order valence-corrected chi connectivity index (χ3v) is 8.57. The van der Waals surface area contributed by atoms with Crippen molar-refractivity contribution in [3.8, 4) is 0 Å². The molecular formula is C27H44N2O8. The van der Waals surface area contributed by atoms with Crippen LogP contribution in [0.2, 0.25) is 0 Å². The Kier molecular flexibility index (Phi) is 10.8.